The van der Waals surface area contributed by atoms with Gasteiger partial charge in [-0.1, -0.05) is 43.7 Å². The van der Waals surface area contributed by atoms with Crippen LogP contribution in [0.2, 0.25) is 0 Å². The fraction of sp³-hybridized carbons (Fsp3) is 0.567. The van der Waals surface area contributed by atoms with Gasteiger partial charge in [-0.15, -0.1) is 0 Å². The molecule has 1 aliphatic heterocycles. The van der Waals surface area contributed by atoms with E-state index >= 15 is 0 Å². The highest BCUT2D eigenvalue weighted by Crippen LogP contribution is 2.48. The van der Waals surface area contributed by atoms with E-state index in [0.29, 0.717) is 50.3 Å². The molecule has 0 bridgehead atoms. The molecule has 4 N–H and O–H groups in total. The van der Waals surface area contributed by atoms with Gasteiger partial charge in [0.2, 0.25) is 5.91 Å². The predicted molar refractivity (Wildman–Crippen MR) is 168 cm³/mol. The third-order valence-corrected chi connectivity index (χ3v) is 8.87. The maximum atomic E-state index is 13.5. The first-order valence-corrected chi connectivity index (χ1v) is 17.0. The molecule has 2 aliphatic rings. The first kappa shape index (κ1) is 35.1. The number of carbonyl (C=O) groups excluding carboxylic acids is 2. The Morgan fingerprint density at radius 1 is 1.07 bits per heavy atom. The van der Waals surface area contributed by atoms with Crippen LogP contribution in [0.15, 0.2) is 36.4 Å². The molecule has 44 heavy (non-hydrogen) atoms. The molecule has 14 heteroatoms. The summed E-state index contributed by atoms with van der Waals surface area (Å²) in [4.78, 5) is 47.5. The fourth-order valence-electron chi connectivity index (χ4n) is 4.40. The molecular weight excluding hydrogens is 587 g/mol. The number of aliphatic carboxylic acids is 1. The number of hydrogen-bond acceptors (Lipinski definition) is 10. The minimum Gasteiger partial charge on any atom is -0.481 e. The molecule has 1 unspecified atom stereocenters. The van der Waals surface area contributed by atoms with E-state index in [1.54, 1.807) is 24.8 Å². The van der Waals surface area contributed by atoms with Crippen molar-refractivity contribution in [1.29, 1.82) is 0 Å². The Balaban J connectivity index is 0.000000676. The zero-order valence-electron chi connectivity index (χ0n) is 25.8. The van der Waals surface area contributed by atoms with Crippen molar-refractivity contribution in [2.45, 2.75) is 65.0 Å². The van der Waals surface area contributed by atoms with Crippen LogP contribution < -0.4 is 16.0 Å². The van der Waals surface area contributed by atoms with Crippen molar-refractivity contribution in [3.8, 4) is 11.4 Å². The number of nitrogens with zero attached hydrogens (tertiary/aromatic N) is 3. The van der Waals surface area contributed by atoms with Gasteiger partial charge >= 0.3 is 13.6 Å². The molecule has 1 aromatic heterocycles. The lowest BCUT2D eigenvalue weighted by Crippen LogP contribution is -2.55. The van der Waals surface area contributed by atoms with Gasteiger partial charge in [-0.2, -0.15) is 0 Å². The zero-order valence-corrected chi connectivity index (χ0v) is 26.7. The normalized spacial score (nSPS) is 15.5. The second-order valence-electron chi connectivity index (χ2n) is 10.5. The van der Waals surface area contributed by atoms with Crippen molar-refractivity contribution >= 4 is 31.2 Å². The van der Waals surface area contributed by atoms with Crippen LogP contribution >= 0.6 is 7.60 Å². The van der Waals surface area contributed by atoms with Crippen molar-refractivity contribution in [3.05, 3.63) is 42.1 Å². The molecule has 1 saturated heterocycles. The minimum absolute atomic E-state index is 0.109. The van der Waals surface area contributed by atoms with Gasteiger partial charge in [-0.25, -0.2) is 9.97 Å². The Morgan fingerprint density at radius 2 is 1.73 bits per heavy atom. The average Bonchev–Trinajstić information content (AvgIpc) is 3.84. The van der Waals surface area contributed by atoms with Crippen molar-refractivity contribution in [2.75, 3.05) is 50.9 Å². The van der Waals surface area contributed by atoms with E-state index in [1.807, 2.05) is 37.3 Å². The van der Waals surface area contributed by atoms with Gasteiger partial charge < -0.3 is 35.0 Å². The van der Waals surface area contributed by atoms with Crippen molar-refractivity contribution in [1.82, 2.24) is 25.5 Å². The van der Waals surface area contributed by atoms with Crippen molar-refractivity contribution in [2.24, 2.45) is 0 Å². The lowest BCUT2D eigenvalue weighted by Gasteiger charge is -2.32. The summed E-state index contributed by atoms with van der Waals surface area (Å²) in [6.07, 6.45) is 3.89. The Labute approximate surface area is 259 Å². The van der Waals surface area contributed by atoms with E-state index in [0.717, 1.165) is 31.2 Å². The highest BCUT2D eigenvalue weighted by Gasteiger charge is 2.36. The molecule has 1 aliphatic carbocycles. The molecule has 0 spiro atoms. The SMILES string of the molecule is CCCCC(=O)O.CCOP(=O)(CC(NC(=O)c1cc(NC2CC2)nc(-c2ccccc2)n1)C(=O)N1CCNCC1)OCC. The molecule has 13 nitrogen and oxygen atoms in total. The summed E-state index contributed by atoms with van der Waals surface area (Å²) >= 11 is 0. The molecule has 242 valence electrons. The number of amides is 2. The number of piperazine rings is 1. The highest BCUT2D eigenvalue weighted by molar-refractivity contribution is 7.54. The van der Waals surface area contributed by atoms with Gasteiger partial charge in [0.05, 0.1) is 19.4 Å². The summed E-state index contributed by atoms with van der Waals surface area (Å²) in [5.41, 5.74) is 0.874. The van der Waals surface area contributed by atoms with Gasteiger partial charge in [-0.05, 0) is 33.1 Å². The molecule has 2 heterocycles. The van der Waals surface area contributed by atoms with Crippen molar-refractivity contribution < 1.29 is 33.1 Å². The van der Waals surface area contributed by atoms with Crippen LogP contribution in [0.3, 0.4) is 0 Å². The lowest BCUT2D eigenvalue weighted by atomic mass is 10.2. The third kappa shape index (κ3) is 11.6. The third-order valence-electron chi connectivity index (χ3n) is 6.75. The number of carbonyl (C=O) groups is 3. The van der Waals surface area contributed by atoms with E-state index in [1.165, 1.54) is 0 Å². The monoisotopic (exact) mass is 632 g/mol. The first-order chi connectivity index (χ1) is 21.2. The first-order valence-electron chi connectivity index (χ1n) is 15.3. The maximum absolute atomic E-state index is 13.5. The average molecular weight is 633 g/mol. The lowest BCUT2D eigenvalue weighted by molar-refractivity contribution is -0.137. The molecule has 1 saturated carbocycles. The Kier molecular flexibility index (Phi) is 14.2. The van der Waals surface area contributed by atoms with Crippen LogP contribution in [0.25, 0.3) is 11.4 Å². The van der Waals surface area contributed by atoms with Crippen LogP contribution in [0.5, 0.6) is 0 Å². The van der Waals surface area contributed by atoms with Gasteiger partial charge in [-0.3, -0.25) is 18.9 Å². The fourth-order valence-corrected chi connectivity index (χ4v) is 6.17. The summed E-state index contributed by atoms with van der Waals surface area (Å²) in [7, 11) is -3.63. The largest absolute Gasteiger partial charge is 0.481 e. The number of anilines is 1. The predicted octanol–water partition coefficient (Wildman–Crippen LogP) is 3.78. The van der Waals surface area contributed by atoms with E-state index in [-0.39, 0.29) is 31.0 Å². The van der Waals surface area contributed by atoms with Crippen LogP contribution in [-0.2, 0) is 23.2 Å². The second-order valence-corrected chi connectivity index (χ2v) is 12.6. The van der Waals surface area contributed by atoms with Gasteiger partial charge in [0.1, 0.15) is 17.6 Å². The number of carboxylic acids is 1. The summed E-state index contributed by atoms with van der Waals surface area (Å²) in [6.45, 7) is 7.95. The number of carboxylic acid groups (broad SMARTS) is 1. The number of nitrogens with one attached hydrogen (secondary N) is 3. The highest BCUT2D eigenvalue weighted by atomic mass is 31.2. The van der Waals surface area contributed by atoms with Crippen molar-refractivity contribution in [3.63, 3.8) is 0 Å². The molecule has 2 fully saturated rings. The number of rotatable bonds is 15. The molecule has 2 amide bonds. The Bertz CT molecular complexity index is 1260. The smallest absolute Gasteiger partial charge is 0.333 e. The van der Waals surface area contributed by atoms with Gasteiger partial charge in [0.15, 0.2) is 5.82 Å². The quantitative estimate of drug-likeness (QED) is 0.211. The van der Waals surface area contributed by atoms with Crippen LogP contribution in [0.4, 0.5) is 5.82 Å². The minimum atomic E-state index is -3.63. The summed E-state index contributed by atoms with van der Waals surface area (Å²) in [5, 5.41) is 17.3. The number of hydrogen-bond donors (Lipinski definition) is 4. The standard InChI is InChI=1S/C25H35N6O5P.C5H10O2/c1-3-35-37(34,36-4-2)17-21(25(33)31-14-12-26-13-15-31)29-24(32)20-16-22(27-19-10-11-19)30-23(28-20)18-8-6-5-7-9-18;1-2-3-4-5(6)7/h5-9,16,19,21,26H,3-4,10-15,17H2,1-2H3,(H,29,32)(H,27,28,30);2-4H2,1H3,(H,6,7). The molecular formula is C30H45N6O7P. The molecule has 2 aromatic rings. The zero-order chi connectivity index (χ0) is 32.0. The van der Waals surface area contributed by atoms with Crippen LogP contribution in [-0.4, -0.2) is 95.4 Å². The Morgan fingerprint density at radius 3 is 2.27 bits per heavy atom. The van der Waals surface area contributed by atoms with Gasteiger partial charge in [0, 0.05) is 50.3 Å². The summed E-state index contributed by atoms with van der Waals surface area (Å²) in [6, 6.07) is 10.2. The topological polar surface area (TPSA) is 172 Å². The number of unbranched alkanes of at least 4 members (excludes halogenated alkanes) is 1. The van der Waals surface area contributed by atoms with E-state index in [2.05, 4.69) is 25.9 Å². The molecule has 1 atom stereocenters. The number of aromatic nitrogens is 2. The van der Waals surface area contributed by atoms with E-state index in [9.17, 15) is 18.9 Å². The van der Waals surface area contributed by atoms with Crippen LogP contribution in [0, 0.1) is 0 Å². The maximum Gasteiger partial charge on any atom is 0.333 e. The van der Waals surface area contributed by atoms with Gasteiger partial charge in [0.25, 0.3) is 5.91 Å². The number of benzene rings is 1. The molecule has 1 aromatic carbocycles. The molecule has 4 rings (SSSR count). The summed E-state index contributed by atoms with van der Waals surface area (Å²) in [5.74, 6) is -0.645. The van der Waals surface area contributed by atoms with E-state index < -0.39 is 25.5 Å². The Hall–Kier alpha value is -3.38. The van der Waals surface area contributed by atoms with E-state index in [4.69, 9.17) is 14.2 Å². The van der Waals surface area contributed by atoms with Crippen LogP contribution in [0.1, 0.15) is 63.4 Å². The summed E-state index contributed by atoms with van der Waals surface area (Å²) < 4.78 is 24.2. The second kappa shape index (κ2) is 17.8. The molecule has 0 radical (unpaired) electrons.